The Labute approximate surface area is 191 Å². The molecule has 2 amide bonds. The molecule has 9 heteroatoms. The molecular formula is C23H28ClFN2O5. The van der Waals surface area contributed by atoms with E-state index >= 15 is 0 Å². The summed E-state index contributed by atoms with van der Waals surface area (Å²) in [5.41, 5.74) is 1.12. The summed E-state index contributed by atoms with van der Waals surface area (Å²) in [6, 6.07) is 0. The molecule has 0 fully saturated rings. The summed E-state index contributed by atoms with van der Waals surface area (Å²) in [5, 5.41) is 14.5. The van der Waals surface area contributed by atoms with Gasteiger partial charge in [0.2, 0.25) is 5.91 Å². The Balaban J connectivity index is 1.65. The lowest BCUT2D eigenvalue weighted by Crippen LogP contribution is -2.34. The molecule has 0 spiro atoms. The van der Waals surface area contributed by atoms with Gasteiger partial charge in [-0.1, -0.05) is 17.7 Å². The summed E-state index contributed by atoms with van der Waals surface area (Å²) in [6.45, 7) is 5.38. The number of halogens is 2. The molecule has 0 saturated heterocycles. The molecule has 2 unspecified atom stereocenters. The van der Waals surface area contributed by atoms with Gasteiger partial charge >= 0.3 is 6.09 Å². The fourth-order valence-corrected chi connectivity index (χ4v) is 3.99. The molecule has 32 heavy (non-hydrogen) atoms. The van der Waals surface area contributed by atoms with Crippen LogP contribution in [0.5, 0.6) is 0 Å². The zero-order valence-electron chi connectivity index (χ0n) is 18.3. The summed E-state index contributed by atoms with van der Waals surface area (Å²) in [5.74, 6) is -0.855. The number of fused-ring (bicyclic) bond motifs is 1. The number of aliphatic hydroxyl groups is 1. The Morgan fingerprint density at radius 2 is 2.00 bits per heavy atom. The van der Waals surface area contributed by atoms with Crippen molar-refractivity contribution in [1.82, 2.24) is 10.6 Å². The summed E-state index contributed by atoms with van der Waals surface area (Å²) in [7, 11) is 0. The summed E-state index contributed by atoms with van der Waals surface area (Å²) >= 11 is 6.45. The van der Waals surface area contributed by atoms with Crippen molar-refractivity contribution in [2.75, 3.05) is 19.7 Å². The summed E-state index contributed by atoms with van der Waals surface area (Å²) in [4.78, 5) is 24.1. The van der Waals surface area contributed by atoms with E-state index in [9.17, 15) is 14.0 Å². The number of ether oxygens (including phenoxy) is 2. The van der Waals surface area contributed by atoms with Crippen LogP contribution in [0.15, 0.2) is 57.8 Å². The van der Waals surface area contributed by atoms with E-state index in [1.807, 2.05) is 6.08 Å². The van der Waals surface area contributed by atoms with Crippen LogP contribution in [0.25, 0.3) is 0 Å². The van der Waals surface area contributed by atoms with Crippen LogP contribution >= 0.6 is 11.6 Å². The van der Waals surface area contributed by atoms with Crippen molar-refractivity contribution in [2.45, 2.75) is 39.2 Å². The van der Waals surface area contributed by atoms with E-state index in [1.165, 1.54) is 6.08 Å². The normalized spacial score (nSPS) is 22.7. The molecule has 0 bridgehead atoms. The second-order valence-electron chi connectivity index (χ2n) is 8.80. The maximum Gasteiger partial charge on any atom is 0.408 e. The average Bonchev–Trinajstić information content (AvgIpc) is 3.13. The maximum absolute atomic E-state index is 14.2. The number of alkyl carbamates (subject to hydrolysis) is 1. The molecule has 0 aromatic carbocycles. The van der Waals surface area contributed by atoms with E-state index < -0.39 is 29.3 Å². The molecule has 2 aliphatic carbocycles. The largest absolute Gasteiger partial charge is 0.462 e. The Kier molecular flexibility index (Phi) is 7.46. The van der Waals surface area contributed by atoms with Gasteiger partial charge in [-0.05, 0) is 63.0 Å². The molecule has 2 atom stereocenters. The third kappa shape index (κ3) is 6.01. The number of aliphatic hydroxyl groups excluding tert-OH is 1. The van der Waals surface area contributed by atoms with Crippen LogP contribution in [0.3, 0.4) is 0 Å². The number of rotatable bonds is 6. The molecule has 0 radical (unpaired) electrons. The fraction of sp³-hybridized carbons (Fsp3) is 0.478. The number of hydrogen-bond acceptors (Lipinski definition) is 5. The van der Waals surface area contributed by atoms with Crippen molar-refractivity contribution in [3.05, 3.63) is 57.8 Å². The zero-order valence-corrected chi connectivity index (χ0v) is 19.1. The van der Waals surface area contributed by atoms with Gasteiger partial charge in [-0.2, -0.15) is 0 Å². The summed E-state index contributed by atoms with van der Waals surface area (Å²) < 4.78 is 25.3. The number of carbonyl (C=O) groups is 2. The third-order valence-corrected chi connectivity index (χ3v) is 5.38. The monoisotopic (exact) mass is 466 g/mol. The highest BCUT2D eigenvalue weighted by Crippen LogP contribution is 2.43. The predicted octanol–water partition coefficient (Wildman–Crippen LogP) is 3.73. The highest BCUT2D eigenvalue weighted by Gasteiger charge is 2.34. The van der Waals surface area contributed by atoms with Gasteiger partial charge in [0.05, 0.1) is 24.1 Å². The second-order valence-corrected chi connectivity index (χ2v) is 9.20. The molecular weight excluding hydrogens is 439 g/mol. The number of carbonyl (C=O) groups excluding carboxylic acids is 2. The molecule has 3 N–H and O–H groups in total. The van der Waals surface area contributed by atoms with Crippen molar-refractivity contribution in [2.24, 2.45) is 11.8 Å². The topological polar surface area (TPSA) is 96.9 Å². The van der Waals surface area contributed by atoms with Crippen molar-refractivity contribution in [1.29, 1.82) is 0 Å². The standard InChI is InChI=1S/C23H28ClFN2O5/c1-23(2,3)32-22(30)27-12-16-9-15-8-14(11-18(24)20(15)31-16)13-4-5-19(25)17(10-13)21(29)26-6-7-28/h4-5,9,11,15,17,28H,6-8,10,12H2,1-3H3,(H,26,29)(H,27,30). The number of hydrogen-bond donors (Lipinski definition) is 3. The Morgan fingerprint density at radius 3 is 2.69 bits per heavy atom. The Bertz CT molecular complexity index is 943. The lowest BCUT2D eigenvalue weighted by atomic mass is 9.82. The first-order valence-electron chi connectivity index (χ1n) is 10.5. The first-order chi connectivity index (χ1) is 15.1. The molecule has 3 rings (SSSR count). The van der Waals surface area contributed by atoms with Crippen LogP contribution in [0.1, 0.15) is 33.6 Å². The van der Waals surface area contributed by atoms with Crippen molar-refractivity contribution < 1.29 is 28.6 Å². The lowest BCUT2D eigenvalue weighted by Gasteiger charge is -2.25. The maximum atomic E-state index is 14.2. The molecule has 0 saturated carbocycles. The van der Waals surface area contributed by atoms with Crippen molar-refractivity contribution in [3.8, 4) is 0 Å². The average molecular weight is 467 g/mol. The minimum Gasteiger partial charge on any atom is -0.462 e. The first-order valence-corrected chi connectivity index (χ1v) is 10.9. The van der Waals surface area contributed by atoms with Gasteiger partial charge in [0.25, 0.3) is 0 Å². The van der Waals surface area contributed by atoms with Gasteiger partial charge in [0, 0.05) is 12.5 Å². The van der Waals surface area contributed by atoms with Crippen LogP contribution in [-0.4, -0.2) is 42.4 Å². The van der Waals surface area contributed by atoms with E-state index in [0.717, 1.165) is 11.1 Å². The Hall–Kier alpha value is -2.58. The SMILES string of the molecule is CC(C)(C)OC(=O)NCC1=CC2CC(C3=CC=C(F)C(C(=O)NCCO)C3)=CC(Cl)=C2O1. The van der Waals surface area contributed by atoms with Crippen molar-refractivity contribution in [3.63, 3.8) is 0 Å². The van der Waals surface area contributed by atoms with Gasteiger partial charge in [-0.25, -0.2) is 9.18 Å². The minimum absolute atomic E-state index is 0.0760. The zero-order chi connectivity index (χ0) is 23.5. The van der Waals surface area contributed by atoms with E-state index in [0.29, 0.717) is 23.0 Å². The van der Waals surface area contributed by atoms with Crippen LogP contribution in [0.4, 0.5) is 9.18 Å². The van der Waals surface area contributed by atoms with Crippen molar-refractivity contribution >= 4 is 23.6 Å². The molecule has 7 nitrogen and oxygen atoms in total. The smallest absolute Gasteiger partial charge is 0.408 e. The number of allylic oxidation sites excluding steroid dienone is 7. The fourth-order valence-electron chi connectivity index (χ4n) is 3.68. The molecule has 3 aliphatic rings. The van der Waals surface area contributed by atoms with Crippen LogP contribution in [0, 0.1) is 11.8 Å². The van der Waals surface area contributed by atoms with Crippen LogP contribution < -0.4 is 10.6 Å². The summed E-state index contributed by atoms with van der Waals surface area (Å²) in [6.07, 6.45) is 6.87. The van der Waals surface area contributed by atoms with Gasteiger partial charge in [0.15, 0.2) is 0 Å². The second kappa shape index (κ2) is 9.92. The highest BCUT2D eigenvalue weighted by molar-refractivity contribution is 6.31. The predicted molar refractivity (Wildman–Crippen MR) is 118 cm³/mol. The van der Waals surface area contributed by atoms with Crippen LogP contribution in [-0.2, 0) is 14.3 Å². The molecule has 1 heterocycles. The van der Waals surface area contributed by atoms with E-state index in [2.05, 4.69) is 10.6 Å². The quantitative estimate of drug-likeness (QED) is 0.554. The number of amides is 2. The van der Waals surface area contributed by atoms with E-state index in [1.54, 1.807) is 32.9 Å². The molecule has 0 aromatic rings. The minimum atomic E-state index is -0.935. The van der Waals surface area contributed by atoms with E-state index in [-0.39, 0.29) is 32.0 Å². The highest BCUT2D eigenvalue weighted by atomic mass is 35.5. The van der Waals surface area contributed by atoms with Crippen LogP contribution in [0.2, 0.25) is 0 Å². The van der Waals surface area contributed by atoms with Gasteiger partial charge in [0.1, 0.15) is 22.9 Å². The lowest BCUT2D eigenvalue weighted by molar-refractivity contribution is -0.124. The van der Waals surface area contributed by atoms with Gasteiger partial charge < -0.3 is 25.2 Å². The third-order valence-electron chi connectivity index (χ3n) is 5.09. The number of nitrogens with one attached hydrogen (secondary N) is 2. The molecule has 1 aliphatic heterocycles. The van der Waals surface area contributed by atoms with Gasteiger partial charge in [-0.3, -0.25) is 4.79 Å². The molecule has 0 aromatic heterocycles. The molecule has 174 valence electrons. The Morgan fingerprint density at radius 1 is 1.25 bits per heavy atom. The van der Waals surface area contributed by atoms with E-state index in [4.69, 9.17) is 26.2 Å². The van der Waals surface area contributed by atoms with Gasteiger partial charge in [-0.15, -0.1) is 0 Å². The first kappa shape index (κ1) is 24.1.